The van der Waals surface area contributed by atoms with Crippen molar-refractivity contribution >= 4 is 10.1 Å². The molecule has 0 aliphatic heterocycles. The van der Waals surface area contributed by atoms with Gasteiger partial charge < -0.3 is 0 Å². The fraction of sp³-hybridized carbons (Fsp3) is 0.538. The predicted octanol–water partition coefficient (Wildman–Crippen LogP) is 2.99. The highest BCUT2D eigenvalue weighted by molar-refractivity contribution is 7.86. The first-order chi connectivity index (χ1) is 7.83. The van der Waals surface area contributed by atoms with Gasteiger partial charge in [-0.3, -0.25) is 4.18 Å². The molecule has 1 aromatic carbocycles. The lowest BCUT2D eigenvalue weighted by Crippen LogP contribution is -2.16. The summed E-state index contributed by atoms with van der Waals surface area (Å²) in [4.78, 5) is 0.221. The van der Waals surface area contributed by atoms with Crippen molar-refractivity contribution in [2.75, 3.05) is 6.61 Å². The van der Waals surface area contributed by atoms with Gasteiger partial charge in [-0.1, -0.05) is 38.5 Å². The second-order valence-corrected chi connectivity index (χ2v) is 6.39. The lowest BCUT2D eigenvalue weighted by atomic mass is 10.00. The van der Waals surface area contributed by atoms with E-state index in [1.165, 1.54) is 0 Å². The molecule has 0 amide bonds. The third-order valence-corrected chi connectivity index (χ3v) is 4.23. The Hall–Kier alpha value is -0.870. The summed E-state index contributed by atoms with van der Waals surface area (Å²) in [5.74, 6) is 0.624. The number of hydrogen-bond acceptors (Lipinski definition) is 3. The smallest absolute Gasteiger partial charge is 0.266 e. The number of benzene rings is 1. The molecule has 0 radical (unpaired) electrons. The Morgan fingerprint density at radius 1 is 1.12 bits per heavy atom. The molecule has 0 saturated heterocycles. The van der Waals surface area contributed by atoms with E-state index in [4.69, 9.17) is 4.18 Å². The minimum Gasteiger partial charge on any atom is -0.266 e. The SMILES string of the molecule is Cc1ccc(S(=O)(=O)OCC(C)C(C)C)cc1. The van der Waals surface area contributed by atoms with Crippen LogP contribution in [0.2, 0.25) is 0 Å². The van der Waals surface area contributed by atoms with E-state index < -0.39 is 10.1 Å². The summed E-state index contributed by atoms with van der Waals surface area (Å²) in [6.07, 6.45) is 0. The predicted molar refractivity (Wildman–Crippen MR) is 68.3 cm³/mol. The van der Waals surface area contributed by atoms with Gasteiger partial charge in [0.2, 0.25) is 0 Å². The first-order valence-corrected chi connectivity index (χ1v) is 7.20. The number of hydrogen-bond donors (Lipinski definition) is 0. The molecule has 0 aliphatic rings. The van der Waals surface area contributed by atoms with Gasteiger partial charge >= 0.3 is 0 Å². The zero-order valence-electron chi connectivity index (χ0n) is 10.8. The lowest BCUT2D eigenvalue weighted by Gasteiger charge is -2.15. The highest BCUT2D eigenvalue weighted by Crippen LogP contribution is 2.16. The van der Waals surface area contributed by atoms with Crippen molar-refractivity contribution in [3.8, 4) is 0 Å². The van der Waals surface area contributed by atoms with Crippen molar-refractivity contribution in [1.29, 1.82) is 0 Å². The van der Waals surface area contributed by atoms with Gasteiger partial charge in [0.15, 0.2) is 0 Å². The van der Waals surface area contributed by atoms with Gasteiger partial charge in [0.1, 0.15) is 0 Å². The molecule has 0 aliphatic carbocycles. The maximum absolute atomic E-state index is 11.8. The molecular weight excluding hydrogens is 236 g/mol. The molecule has 96 valence electrons. The standard InChI is InChI=1S/C13H20O3S/c1-10(2)12(4)9-16-17(14,15)13-7-5-11(3)6-8-13/h5-8,10,12H,9H2,1-4H3. The van der Waals surface area contributed by atoms with Crippen LogP contribution >= 0.6 is 0 Å². The highest BCUT2D eigenvalue weighted by Gasteiger charge is 2.17. The average Bonchev–Trinajstić information content (AvgIpc) is 2.26. The van der Waals surface area contributed by atoms with E-state index in [0.717, 1.165) is 5.56 Å². The van der Waals surface area contributed by atoms with Gasteiger partial charge in [-0.15, -0.1) is 0 Å². The summed E-state index contributed by atoms with van der Waals surface area (Å²) >= 11 is 0. The van der Waals surface area contributed by atoms with Crippen LogP contribution in [0.15, 0.2) is 29.2 Å². The van der Waals surface area contributed by atoms with E-state index in [1.807, 2.05) is 27.7 Å². The van der Waals surface area contributed by atoms with Crippen LogP contribution in [0.5, 0.6) is 0 Å². The third-order valence-electron chi connectivity index (χ3n) is 2.93. The van der Waals surface area contributed by atoms with E-state index in [9.17, 15) is 8.42 Å². The first kappa shape index (κ1) is 14.2. The quantitative estimate of drug-likeness (QED) is 0.761. The van der Waals surface area contributed by atoms with Gasteiger partial charge in [-0.05, 0) is 30.9 Å². The topological polar surface area (TPSA) is 43.4 Å². The third kappa shape index (κ3) is 4.13. The van der Waals surface area contributed by atoms with Crippen LogP contribution in [0.1, 0.15) is 26.3 Å². The van der Waals surface area contributed by atoms with Crippen molar-refractivity contribution in [3.05, 3.63) is 29.8 Å². The van der Waals surface area contributed by atoms with Crippen LogP contribution in [0, 0.1) is 18.8 Å². The van der Waals surface area contributed by atoms with E-state index >= 15 is 0 Å². The molecule has 0 aromatic heterocycles. The Bertz CT molecular complexity index is 446. The zero-order chi connectivity index (χ0) is 13.1. The fourth-order valence-electron chi connectivity index (χ4n) is 1.16. The van der Waals surface area contributed by atoms with Gasteiger partial charge in [0, 0.05) is 0 Å². The molecule has 0 bridgehead atoms. The molecule has 1 atom stereocenters. The van der Waals surface area contributed by atoms with E-state index in [2.05, 4.69) is 0 Å². The maximum atomic E-state index is 11.8. The van der Waals surface area contributed by atoms with Crippen LogP contribution in [0.4, 0.5) is 0 Å². The Morgan fingerprint density at radius 2 is 1.65 bits per heavy atom. The van der Waals surface area contributed by atoms with Crippen LogP contribution in [0.3, 0.4) is 0 Å². The molecule has 1 aromatic rings. The molecule has 1 unspecified atom stereocenters. The number of aryl methyl sites for hydroxylation is 1. The summed E-state index contributed by atoms with van der Waals surface area (Å²) in [6.45, 7) is 8.22. The zero-order valence-corrected chi connectivity index (χ0v) is 11.6. The summed E-state index contributed by atoms with van der Waals surface area (Å²) in [5, 5.41) is 0. The Kier molecular flexibility index (Phi) is 4.71. The number of rotatable bonds is 5. The van der Waals surface area contributed by atoms with Crippen molar-refractivity contribution in [1.82, 2.24) is 0 Å². The normalized spacial score (nSPS) is 13.9. The monoisotopic (exact) mass is 256 g/mol. The maximum Gasteiger partial charge on any atom is 0.296 e. The van der Waals surface area contributed by atoms with Crippen LogP contribution < -0.4 is 0 Å². The second-order valence-electron chi connectivity index (χ2n) is 4.77. The van der Waals surface area contributed by atoms with Gasteiger partial charge in [-0.2, -0.15) is 8.42 Å². The van der Waals surface area contributed by atoms with Gasteiger partial charge in [0.25, 0.3) is 10.1 Å². The molecule has 0 saturated carbocycles. The van der Waals surface area contributed by atoms with E-state index in [1.54, 1.807) is 24.3 Å². The van der Waals surface area contributed by atoms with Crippen LogP contribution in [-0.2, 0) is 14.3 Å². The minimum atomic E-state index is -3.61. The highest BCUT2D eigenvalue weighted by atomic mass is 32.2. The lowest BCUT2D eigenvalue weighted by molar-refractivity contribution is 0.228. The molecular formula is C13H20O3S. The molecule has 0 spiro atoms. The first-order valence-electron chi connectivity index (χ1n) is 5.79. The second kappa shape index (κ2) is 5.65. The summed E-state index contributed by atoms with van der Waals surface area (Å²) in [6, 6.07) is 6.68. The summed E-state index contributed by atoms with van der Waals surface area (Å²) < 4.78 is 28.7. The van der Waals surface area contributed by atoms with E-state index in [-0.39, 0.29) is 17.4 Å². The Labute approximate surface area is 104 Å². The fourth-order valence-corrected chi connectivity index (χ4v) is 2.16. The van der Waals surface area contributed by atoms with Gasteiger partial charge in [0.05, 0.1) is 11.5 Å². The molecule has 17 heavy (non-hydrogen) atoms. The van der Waals surface area contributed by atoms with E-state index in [0.29, 0.717) is 5.92 Å². The molecule has 0 fully saturated rings. The van der Waals surface area contributed by atoms with Crippen LogP contribution in [0.25, 0.3) is 0 Å². The molecule has 3 nitrogen and oxygen atoms in total. The van der Waals surface area contributed by atoms with Crippen LogP contribution in [-0.4, -0.2) is 15.0 Å². The van der Waals surface area contributed by atoms with Crippen molar-refractivity contribution < 1.29 is 12.6 Å². The largest absolute Gasteiger partial charge is 0.296 e. The molecule has 4 heteroatoms. The molecule has 0 heterocycles. The summed E-state index contributed by atoms with van der Waals surface area (Å²) in [7, 11) is -3.61. The Morgan fingerprint density at radius 3 is 2.12 bits per heavy atom. The van der Waals surface area contributed by atoms with Gasteiger partial charge in [-0.25, -0.2) is 0 Å². The van der Waals surface area contributed by atoms with Crippen molar-refractivity contribution in [2.45, 2.75) is 32.6 Å². The minimum absolute atomic E-state index is 0.218. The summed E-state index contributed by atoms with van der Waals surface area (Å²) in [5.41, 5.74) is 1.03. The Balaban J connectivity index is 2.72. The van der Waals surface area contributed by atoms with Crippen molar-refractivity contribution in [2.24, 2.45) is 11.8 Å². The average molecular weight is 256 g/mol. The molecule has 0 N–H and O–H groups in total. The van der Waals surface area contributed by atoms with Crippen molar-refractivity contribution in [3.63, 3.8) is 0 Å². The molecule has 1 rings (SSSR count).